The zero-order valence-electron chi connectivity index (χ0n) is 10.9. The van der Waals surface area contributed by atoms with Crippen LogP contribution in [0, 0.1) is 0 Å². The van der Waals surface area contributed by atoms with Crippen LogP contribution in [0.15, 0.2) is 53.4 Å². The molecule has 0 fully saturated rings. The van der Waals surface area contributed by atoms with E-state index in [4.69, 9.17) is 29.0 Å². The van der Waals surface area contributed by atoms with Crippen molar-refractivity contribution >= 4 is 35.0 Å². The van der Waals surface area contributed by atoms with Gasteiger partial charge in [-0.25, -0.2) is 0 Å². The molecule has 2 rings (SSSR count). The van der Waals surface area contributed by atoms with Crippen molar-refractivity contribution in [3.8, 4) is 0 Å². The maximum Gasteiger partial charge on any atom is 0.0453 e. The van der Waals surface area contributed by atoms with Gasteiger partial charge in [0.25, 0.3) is 0 Å². The first-order valence-corrected chi connectivity index (χ1v) is 8.01. The van der Waals surface area contributed by atoms with Crippen LogP contribution in [0.1, 0.15) is 5.56 Å². The molecule has 0 radical (unpaired) electrons. The number of halogens is 2. The summed E-state index contributed by atoms with van der Waals surface area (Å²) in [6.07, 6.45) is 0.770. The molecule has 2 aromatic carbocycles. The molecule has 0 spiro atoms. The molecule has 2 aromatic rings. The zero-order valence-corrected chi connectivity index (χ0v) is 13.2. The quantitative estimate of drug-likeness (QED) is 0.475. The molecule has 3 N–H and O–H groups in total. The lowest BCUT2D eigenvalue weighted by Gasteiger charge is -2.16. The molecule has 0 bridgehead atoms. The van der Waals surface area contributed by atoms with E-state index in [9.17, 15) is 0 Å². The van der Waals surface area contributed by atoms with Crippen molar-refractivity contribution in [3.63, 3.8) is 0 Å². The van der Waals surface area contributed by atoms with Crippen LogP contribution in [-0.2, 0) is 6.42 Å². The van der Waals surface area contributed by atoms with Crippen LogP contribution >= 0.6 is 35.0 Å². The first-order chi connectivity index (χ1) is 9.69. The van der Waals surface area contributed by atoms with Crippen molar-refractivity contribution in [2.24, 2.45) is 5.84 Å². The first kappa shape index (κ1) is 15.7. The van der Waals surface area contributed by atoms with E-state index in [1.54, 1.807) is 17.8 Å². The van der Waals surface area contributed by atoms with Crippen molar-refractivity contribution in [3.05, 3.63) is 64.1 Å². The molecule has 0 aliphatic carbocycles. The van der Waals surface area contributed by atoms with Crippen LogP contribution in [0.25, 0.3) is 0 Å². The third kappa shape index (κ3) is 4.69. The predicted octanol–water partition coefficient (Wildman–Crippen LogP) is 4.16. The molecule has 106 valence electrons. The fourth-order valence-electron chi connectivity index (χ4n) is 1.83. The Morgan fingerprint density at radius 3 is 2.50 bits per heavy atom. The maximum atomic E-state index is 6.19. The zero-order chi connectivity index (χ0) is 14.4. The summed E-state index contributed by atoms with van der Waals surface area (Å²) in [6, 6.07) is 16.0. The predicted molar refractivity (Wildman–Crippen MR) is 88.4 cm³/mol. The van der Waals surface area contributed by atoms with Gasteiger partial charge in [0.2, 0.25) is 0 Å². The molecule has 2 nitrogen and oxygen atoms in total. The highest BCUT2D eigenvalue weighted by molar-refractivity contribution is 7.99. The molecule has 1 atom stereocenters. The summed E-state index contributed by atoms with van der Waals surface area (Å²) in [4.78, 5) is 1.23. The molecule has 0 heterocycles. The standard InChI is InChI=1S/C15H16Cl2N2S/c16-12-7-6-11(15(17)9-12)8-13(19-18)10-20-14-4-2-1-3-5-14/h1-7,9,13,19H,8,10,18H2. The van der Waals surface area contributed by atoms with Gasteiger partial charge in [0, 0.05) is 26.7 Å². The van der Waals surface area contributed by atoms with E-state index in [0.29, 0.717) is 10.0 Å². The second-order valence-corrected chi connectivity index (χ2v) is 6.36. The van der Waals surface area contributed by atoms with E-state index >= 15 is 0 Å². The smallest absolute Gasteiger partial charge is 0.0453 e. The van der Waals surface area contributed by atoms with Crippen molar-refractivity contribution in [2.45, 2.75) is 17.4 Å². The van der Waals surface area contributed by atoms with E-state index in [1.165, 1.54) is 4.90 Å². The number of thioether (sulfide) groups is 1. The van der Waals surface area contributed by atoms with Gasteiger partial charge in [-0.15, -0.1) is 11.8 Å². The molecule has 0 saturated carbocycles. The third-order valence-electron chi connectivity index (χ3n) is 2.91. The molecule has 0 saturated heterocycles. The van der Waals surface area contributed by atoms with E-state index in [1.807, 2.05) is 30.3 Å². The van der Waals surface area contributed by atoms with Gasteiger partial charge in [-0.1, -0.05) is 47.5 Å². The van der Waals surface area contributed by atoms with Crippen LogP contribution in [0.3, 0.4) is 0 Å². The second-order valence-electron chi connectivity index (χ2n) is 4.43. The van der Waals surface area contributed by atoms with E-state index < -0.39 is 0 Å². The summed E-state index contributed by atoms with van der Waals surface area (Å²) in [5, 5.41) is 1.33. The van der Waals surface area contributed by atoms with Gasteiger partial charge in [-0.05, 0) is 36.2 Å². The molecule has 1 unspecified atom stereocenters. The van der Waals surface area contributed by atoms with Crippen LogP contribution in [0.4, 0.5) is 0 Å². The molecule has 0 amide bonds. The summed E-state index contributed by atoms with van der Waals surface area (Å²) in [6.45, 7) is 0. The van der Waals surface area contributed by atoms with Crippen molar-refractivity contribution < 1.29 is 0 Å². The molecule has 5 heteroatoms. The number of hydrogen-bond donors (Lipinski definition) is 2. The highest BCUT2D eigenvalue weighted by atomic mass is 35.5. The first-order valence-electron chi connectivity index (χ1n) is 6.27. The number of rotatable bonds is 6. The Labute approximate surface area is 133 Å². The fraction of sp³-hybridized carbons (Fsp3) is 0.200. The van der Waals surface area contributed by atoms with Crippen LogP contribution in [-0.4, -0.2) is 11.8 Å². The average Bonchev–Trinajstić information content (AvgIpc) is 2.46. The van der Waals surface area contributed by atoms with Gasteiger partial charge in [-0.2, -0.15) is 0 Å². The van der Waals surface area contributed by atoms with E-state index in [2.05, 4.69) is 17.6 Å². The minimum atomic E-state index is 0.152. The average molecular weight is 327 g/mol. The Morgan fingerprint density at radius 1 is 1.10 bits per heavy atom. The summed E-state index contributed by atoms with van der Waals surface area (Å²) >= 11 is 13.9. The minimum absolute atomic E-state index is 0.152. The largest absolute Gasteiger partial charge is 0.271 e. The van der Waals surface area contributed by atoms with Crippen molar-refractivity contribution in [1.29, 1.82) is 0 Å². The lowest BCUT2D eigenvalue weighted by Crippen LogP contribution is -2.38. The Hall–Kier alpha value is -0.710. The molecular formula is C15H16Cl2N2S. The van der Waals surface area contributed by atoms with E-state index in [0.717, 1.165) is 17.7 Å². The van der Waals surface area contributed by atoms with E-state index in [-0.39, 0.29) is 6.04 Å². The maximum absolute atomic E-state index is 6.19. The minimum Gasteiger partial charge on any atom is -0.271 e. The highest BCUT2D eigenvalue weighted by Gasteiger charge is 2.11. The third-order valence-corrected chi connectivity index (χ3v) is 4.67. The SMILES string of the molecule is NNC(CSc1ccccc1)Cc1ccc(Cl)cc1Cl. The fourth-order valence-corrected chi connectivity index (χ4v) is 3.28. The van der Waals surface area contributed by atoms with Crippen molar-refractivity contribution in [2.75, 3.05) is 5.75 Å². The Morgan fingerprint density at radius 2 is 1.85 bits per heavy atom. The lowest BCUT2D eigenvalue weighted by molar-refractivity contribution is 0.575. The molecule has 0 aromatic heterocycles. The van der Waals surface area contributed by atoms with Gasteiger partial charge in [0.1, 0.15) is 0 Å². The molecule has 0 aliphatic rings. The van der Waals surface area contributed by atoms with Gasteiger partial charge in [-0.3, -0.25) is 11.3 Å². The Balaban J connectivity index is 1.95. The van der Waals surface area contributed by atoms with Crippen molar-refractivity contribution in [1.82, 2.24) is 5.43 Å². The number of nitrogens with one attached hydrogen (secondary N) is 1. The summed E-state index contributed by atoms with van der Waals surface area (Å²) in [7, 11) is 0. The molecule has 20 heavy (non-hydrogen) atoms. The van der Waals surface area contributed by atoms with Crippen LogP contribution in [0.2, 0.25) is 10.0 Å². The normalized spacial score (nSPS) is 12.3. The second kappa shape index (κ2) is 7.91. The summed E-state index contributed by atoms with van der Waals surface area (Å²) in [5.74, 6) is 6.51. The number of hydrazine groups is 1. The van der Waals surface area contributed by atoms with Gasteiger partial charge in [0.15, 0.2) is 0 Å². The summed E-state index contributed by atoms with van der Waals surface area (Å²) < 4.78 is 0. The number of benzene rings is 2. The van der Waals surface area contributed by atoms with Gasteiger partial charge in [0.05, 0.1) is 0 Å². The van der Waals surface area contributed by atoms with Crippen LogP contribution < -0.4 is 11.3 Å². The molecular weight excluding hydrogens is 311 g/mol. The van der Waals surface area contributed by atoms with Gasteiger partial charge < -0.3 is 0 Å². The Kier molecular flexibility index (Phi) is 6.20. The van der Waals surface area contributed by atoms with Gasteiger partial charge >= 0.3 is 0 Å². The number of hydrogen-bond acceptors (Lipinski definition) is 3. The Bertz CT molecular complexity index is 549. The van der Waals surface area contributed by atoms with Crippen LogP contribution in [0.5, 0.6) is 0 Å². The highest BCUT2D eigenvalue weighted by Crippen LogP contribution is 2.24. The molecule has 0 aliphatic heterocycles. The summed E-state index contributed by atoms with van der Waals surface area (Å²) in [5.41, 5.74) is 3.90. The topological polar surface area (TPSA) is 38.0 Å². The lowest BCUT2D eigenvalue weighted by atomic mass is 10.1. The number of nitrogens with two attached hydrogens (primary N) is 1. The monoisotopic (exact) mass is 326 g/mol.